The molecule has 0 bridgehead atoms. The van der Waals surface area contributed by atoms with Crippen LogP contribution in [0.1, 0.15) is 29.5 Å². The molecule has 2 N–H and O–H groups in total. The van der Waals surface area contributed by atoms with E-state index >= 15 is 0 Å². The fourth-order valence-corrected chi connectivity index (χ4v) is 2.92. The van der Waals surface area contributed by atoms with Gasteiger partial charge < -0.3 is 10.6 Å². The lowest BCUT2D eigenvalue weighted by atomic mass is 9.96. The predicted molar refractivity (Wildman–Crippen MR) is 112 cm³/mol. The second-order valence-electron chi connectivity index (χ2n) is 6.24. The van der Waals surface area contributed by atoms with Gasteiger partial charge in [-0.05, 0) is 36.1 Å². The third kappa shape index (κ3) is 4.95. The Labute approximate surface area is 166 Å². The summed E-state index contributed by atoms with van der Waals surface area (Å²) in [4.78, 5) is 4.30. The summed E-state index contributed by atoms with van der Waals surface area (Å²) in [6.07, 6.45) is 2.43. The van der Waals surface area contributed by atoms with Crippen molar-refractivity contribution in [1.29, 1.82) is 5.26 Å². The van der Waals surface area contributed by atoms with Gasteiger partial charge in [0.15, 0.2) is 5.96 Å². The van der Waals surface area contributed by atoms with Gasteiger partial charge >= 0.3 is 0 Å². The van der Waals surface area contributed by atoms with Gasteiger partial charge in [-0.25, -0.2) is 0 Å². The minimum Gasteiger partial charge on any atom is -0.356 e. The SMILES string of the molecule is CN=C(NCc1cccc(C#N)c1)NCC1(c2ccccc2)CC1.I. The van der Waals surface area contributed by atoms with Crippen LogP contribution < -0.4 is 10.6 Å². The van der Waals surface area contributed by atoms with E-state index in [0.717, 1.165) is 18.1 Å². The maximum Gasteiger partial charge on any atom is 0.191 e. The van der Waals surface area contributed by atoms with Gasteiger partial charge in [0.2, 0.25) is 0 Å². The molecule has 0 saturated heterocycles. The molecular formula is C20H23IN4. The number of hydrogen-bond donors (Lipinski definition) is 2. The molecule has 3 rings (SSSR count). The molecule has 5 heteroatoms. The van der Waals surface area contributed by atoms with Crippen LogP contribution in [0.2, 0.25) is 0 Å². The minimum absolute atomic E-state index is 0. The standard InChI is InChI=1S/C20H22N4.HI/c1-22-19(23-14-17-7-5-6-16(12-17)13-21)24-15-20(10-11-20)18-8-3-2-4-9-18;/h2-9,12H,10-11,14-15H2,1H3,(H2,22,23,24);1H. The molecule has 0 amide bonds. The zero-order chi connectivity index (χ0) is 16.8. The number of benzene rings is 2. The van der Waals surface area contributed by atoms with Crippen LogP contribution in [0.5, 0.6) is 0 Å². The van der Waals surface area contributed by atoms with Crippen molar-refractivity contribution in [2.24, 2.45) is 4.99 Å². The van der Waals surface area contributed by atoms with Crippen LogP contribution in [0.25, 0.3) is 0 Å². The topological polar surface area (TPSA) is 60.2 Å². The summed E-state index contributed by atoms with van der Waals surface area (Å²) in [6.45, 7) is 1.53. The van der Waals surface area contributed by atoms with E-state index < -0.39 is 0 Å². The van der Waals surface area contributed by atoms with Crippen molar-refractivity contribution in [2.75, 3.05) is 13.6 Å². The third-order valence-electron chi connectivity index (χ3n) is 4.57. The van der Waals surface area contributed by atoms with Crippen molar-refractivity contribution >= 4 is 29.9 Å². The average Bonchev–Trinajstić information content (AvgIpc) is 3.44. The number of rotatable bonds is 5. The molecule has 25 heavy (non-hydrogen) atoms. The van der Waals surface area contributed by atoms with E-state index in [9.17, 15) is 0 Å². The highest BCUT2D eigenvalue weighted by Gasteiger charge is 2.43. The molecule has 0 atom stereocenters. The average molecular weight is 446 g/mol. The molecule has 1 fully saturated rings. The summed E-state index contributed by atoms with van der Waals surface area (Å²) in [5.74, 6) is 0.791. The van der Waals surface area contributed by atoms with Crippen molar-refractivity contribution in [1.82, 2.24) is 10.6 Å². The summed E-state index contributed by atoms with van der Waals surface area (Å²) in [7, 11) is 1.78. The smallest absolute Gasteiger partial charge is 0.191 e. The lowest BCUT2D eigenvalue weighted by Gasteiger charge is -2.19. The van der Waals surface area contributed by atoms with E-state index in [-0.39, 0.29) is 29.4 Å². The molecule has 0 unspecified atom stereocenters. The van der Waals surface area contributed by atoms with Gasteiger partial charge in [0.1, 0.15) is 0 Å². The first-order valence-corrected chi connectivity index (χ1v) is 8.25. The predicted octanol–water partition coefficient (Wildman–Crippen LogP) is 3.57. The minimum atomic E-state index is 0. The van der Waals surface area contributed by atoms with Gasteiger partial charge in [-0.15, -0.1) is 24.0 Å². The highest BCUT2D eigenvalue weighted by molar-refractivity contribution is 14.0. The number of guanidine groups is 1. The van der Waals surface area contributed by atoms with Gasteiger partial charge in [0.25, 0.3) is 0 Å². The zero-order valence-corrected chi connectivity index (χ0v) is 16.7. The van der Waals surface area contributed by atoms with Crippen LogP contribution >= 0.6 is 24.0 Å². The Bertz CT molecular complexity index is 761. The fraction of sp³-hybridized carbons (Fsp3) is 0.300. The Morgan fingerprint density at radius 1 is 1.12 bits per heavy atom. The summed E-state index contributed by atoms with van der Waals surface area (Å²) >= 11 is 0. The van der Waals surface area contributed by atoms with E-state index in [4.69, 9.17) is 5.26 Å². The van der Waals surface area contributed by atoms with Gasteiger partial charge in [-0.2, -0.15) is 5.26 Å². The number of hydrogen-bond acceptors (Lipinski definition) is 2. The number of nitrogens with zero attached hydrogens (tertiary/aromatic N) is 2. The highest BCUT2D eigenvalue weighted by atomic mass is 127. The van der Waals surface area contributed by atoms with Gasteiger partial charge in [0, 0.05) is 25.6 Å². The molecule has 2 aromatic rings. The summed E-state index contributed by atoms with van der Waals surface area (Å²) in [5.41, 5.74) is 3.40. The summed E-state index contributed by atoms with van der Waals surface area (Å²) in [5, 5.41) is 15.7. The molecule has 0 aliphatic heterocycles. The number of halogens is 1. The van der Waals surface area contributed by atoms with Crippen molar-refractivity contribution in [2.45, 2.75) is 24.8 Å². The fourth-order valence-electron chi connectivity index (χ4n) is 2.92. The Morgan fingerprint density at radius 2 is 1.88 bits per heavy atom. The molecule has 130 valence electrons. The Hall–Kier alpha value is -2.07. The molecule has 0 heterocycles. The summed E-state index contributed by atoms with van der Waals surface area (Å²) in [6, 6.07) is 20.5. The lowest BCUT2D eigenvalue weighted by molar-refractivity contribution is 0.645. The maximum atomic E-state index is 8.97. The first-order chi connectivity index (χ1) is 11.8. The molecule has 4 nitrogen and oxygen atoms in total. The van der Waals surface area contributed by atoms with Crippen molar-refractivity contribution < 1.29 is 0 Å². The van der Waals surface area contributed by atoms with E-state index in [2.05, 4.69) is 52.0 Å². The second-order valence-corrected chi connectivity index (χ2v) is 6.24. The van der Waals surface area contributed by atoms with E-state index in [1.54, 1.807) is 7.05 Å². The molecular weight excluding hydrogens is 423 g/mol. The monoisotopic (exact) mass is 446 g/mol. The second kappa shape index (κ2) is 8.86. The molecule has 1 aliphatic carbocycles. The van der Waals surface area contributed by atoms with Crippen molar-refractivity contribution in [3.63, 3.8) is 0 Å². The first-order valence-electron chi connectivity index (χ1n) is 8.25. The number of nitrogens with one attached hydrogen (secondary N) is 2. The first kappa shape index (κ1) is 19.3. The van der Waals surface area contributed by atoms with Crippen LogP contribution in [-0.2, 0) is 12.0 Å². The van der Waals surface area contributed by atoms with Crippen LogP contribution in [0.3, 0.4) is 0 Å². The van der Waals surface area contributed by atoms with Crippen LogP contribution in [0.4, 0.5) is 0 Å². The van der Waals surface area contributed by atoms with Crippen LogP contribution in [0, 0.1) is 11.3 Å². The molecule has 0 radical (unpaired) electrons. The third-order valence-corrected chi connectivity index (χ3v) is 4.57. The van der Waals surface area contributed by atoms with Gasteiger partial charge in [-0.1, -0.05) is 42.5 Å². The maximum absolute atomic E-state index is 8.97. The molecule has 1 saturated carbocycles. The van der Waals surface area contributed by atoms with E-state index in [1.165, 1.54) is 18.4 Å². The Morgan fingerprint density at radius 3 is 2.52 bits per heavy atom. The zero-order valence-electron chi connectivity index (χ0n) is 14.3. The van der Waals surface area contributed by atoms with Crippen molar-refractivity contribution in [3.8, 4) is 6.07 Å². The van der Waals surface area contributed by atoms with E-state index in [1.807, 2.05) is 24.3 Å². The number of aliphatic imine (C=N–C) groups is 1. The normalized spacial score (nSPS) is 14.8. The Kier molecular flexibility index (Phi) is 6.82. The molecule has 0 spiro atoms. The molecule has 1 aliphatic rings. The lowest BCUT2D eigenvalue weighted by Crippen LogP contribution is -2.40. The van der Waals surface area contributed by atoms with Crippen LogP contribution in [0.15, 0.2) is 59.6 Å². The van der Waals surface area contributed by atoms with Gasteiger partial charge in [0.05, 0.1) is 11.6 Å². The molecule has 2 aromatic carbocycles. The molecule has 0 aromatic heterocycles. The van der Waals surface area contributed by atoms with Gasteiger partial charge in [-0.3, -0.25) is 4.99 Å². The largest absolute Gasteiger partial charge is 0.356 e. The van der Waals surface area contributed by atoms with Crippen molar-refractivity contribution in [3.05, 3.63) is 71.3 Å². The Balaban J connectivity index is 0.00000225. The highest BCUT2D eigenvalue weighted by Crippen LogP contribution is 2.47. The summed E-state index contributed by atoms with van der Waals surface area (Å²) < 4.78 is 0. The van der Waals surface area contributed by atoms with E-state index in [0.29, 0.717) is 12.1 Å². The van der Waals surface area contributed by atoms with Crippen LogP contribution in [-0.4, -0.2) is 19.6 Å². The number of nitriles is 1. The quantitative estimate of drug-likeness (QED) is 0.420.